The molecule has 0 spiro atoms. The van der Waals surface area contributed by atoms with E-state index < -0.39 is 23.8 Å². The number of benzene rings is 2. The third-order valence-corrected chi connectivity index (χ3v) is 5.80. The Morgan fingerprint density at radius 1 is 0.667 bits per heavy atom. The lowest BCUT2D eigenvalue weighted by Crippen LogP contribution is -2.16. The standard InChI is InChI=1S/C26H34O4/c1-15(23(27)28)19-11-9-17(25(3,4)5)13-21(19)22-14-18(26(6,7)8)10-12-20(22)16(2)24(29)30/h9-16H,1-8H3,(H,27,28)(H,29,30). The molecule has 4 nitrogen and oxygen atoms in total. The molecular weight excluding hydrogens is 376 g/mol. The highest BCUT2D eigenvalue weighted by Crippen LogP contribution is 2.40. The molecule has 2 aromatic carbocycles. The lowest BCUT2D eigenvalue weighted by molar-refractivity contribution is -0.139. The molecule has 2 N–H and O–H groups in total. The van der Waals surface area contributed by atoms with Crippen LogP contribution < -0.4 is 0 Å². The van der Waals surface area contributed by atoms with Crippen LogP contribution in [0.3, 0.4) is 0 Å². The fraction of sp³-hybridized carbons (Fsp3) is 0.462. The first kappa shape index (κ1) is 23.7. The van der Waals surface area contributed by atoms with E-state index in [0.717, 1.165) is 22.3 Å². The highest BCUT2D eigenvalue weighted by molar-refractivity contribution is 5.85. The molecule has 0 saturated carbocycles. The summed E-state index contributed by atoms with van der Waals surface area (Å²) in [7, 11) is 0. The molecule has 2 atom stereocenters. The van der Waals surface area contributed by atoms with E-state index in [1.165, 1.54) is 0 Å². The van der Waals surface area contributed by atoms with Crippen LogP contribution in [-0.2, 0) is 20.4 Å². The Morgan fingerprint density at radius 3 is 1.20 bits per heavy atom. The first-order valence-electron chi connectivity index (χ1n) is 10.4. The van der Waals surface area contributed by atoms with Crippen molar-refractivity contribution in [3.63, 3.8) is 0 Å². The molecule has 162 valence electrons. The highest BCUT2D eigenvalue weighted by Gasteiger charge is 2.27. The predicted molar refractivity (Wildman–Crippen MR) is 121 cm³/mol. The summed E-state index contributed by atoms with van der Waals surface area (Å²) >= 11 is 0. The number of hydrogen-bond donors (Lipinski definition) is 2. The molecule has 2 unspecified atom stereocenters. The van der Waals surface area contributed by atoms with Crippen molar-refractivity contribution >= 4 is 11.9 Å². The third-order valence-electron chi connectivity index (χ3n) is 5.80. The average Bonchev–Trinajstić information content (AvgIpc) is 2.64. The van der Waals surface area contributed by atoms with E-state index in [1.54, 1.807) is 13.8 Å². The van der Waals surface area contributed by atoms with Crippen molar-refractivity contribution in [3.05, 3.63) is 58.7 Å². The monoisotopic (exact) mass is 410 g/mol. The minimum Gasteiger partial charge on any atom is -0.481 e. The van der Waals surface area contributed by atoms with E-state index >= 15 is 0 Å². The summed E-state index contributed by atoms with van der Waals surface area (Å²) in [5.74, 6) is -3.22. The van der Waals surface area contributed by atoms with Gasteiger partial charge < -0.3 is 10.2 Å². The van der Waals surface area contributed by atoms with Gasteiger partial charge in [0.15, 0.2) is 0 Å². The van der Waals surface area contributed by atoms with Crippen molar-refractivity contribution in [1.82, 2.24) is 0 Å². The van der Waals surface area contributed by atoms with Gasteiger partial charge in [-0.3, -0.25) is 9.59 Å². The Bertz CT molecular complexity index is 878. The van der Waals surface area contributed by atoms with Crippen LogP contribution in [0.4, 0.5) is 0 Å². The molecule has 2 rings (SSSR count). The number of rotatable bonds is 5. The van der Waals surface area contributed by atoms with Gasteiger partial charge in [0.2, 0.25) is 0 Å². The molecule has 0 aromatic heterocycles. The Morgan fingerprint density at radius 2 is 0.967 bits per heavy atom. The normalized spacial score (nSPS) is 14.3. The quantitative estimate of drug-likeness (QED) is 0.604. The molecule has 0 amide bonds. The maximum absolute atomic E-state index is 11.8. The first-order valence-corrected chi connectivity index (χ1v) is 10.4. The van der Waals surface area contributed by atoms with Gasteiger partial charge in [-0.25, -0.2) is 0 Å². The van der Waals surface area contributed by atoms with Gasteiger partial charge in [0, 0.05) is 0 Å². The minimum absolute atomic E-state index is 0.125. The van der Waals surface area contributed by atoms with Crippen molar-refractivity contribution in [2.75, 3.05) is 0 Å². The first-order chi connectivity index (χ1) is 13.6. The fourth-order valence-corrected chi connectivity index (χ4v) is 3.53. The van der Waals surface area contributed by atoms with Crippen LogP contribution in [-0.4, -0.2) is 22.2 Å². The van der Waals surface area contributed by atoms with Crippen LogP contribution in [0.5, 0.6) is 0 Å². The smallest absolute Gasteiger partial charge is 0.310 e. The van der Waals surface area contributed by atoms with Crippen LogP contribution in [0.1, 0.15) is 89.5 Å². The third kappa shape index (κ3) is 4.92. The lowest BCUT2D eigenvalue weighted by Gasteiger charge is -2.26. The van der Waals surface area contributed by atoms with Crippen molar-refractivity contribution < 1.29 is 19.8 Å². The Labute approximate surface area is 180 Å². The molecule has 0 aliphatic rings. The number of aliphatic carboxylic acids is 2. The number of carboxylic acid groups (broad SMARTS) is 2. The molecule has 0 aliphatic carbocycles. The maximum Gasteiger partial charge on any atom is 0.310 e. The van der Waals surface area contributed by atoms with E-state index in [2.05, 4.69) is 41.5 Å². The second-order valence-corrected chi connectivity index (χ2v) is 10.2. The van der Waals surface area contributed by atoms with Crippen LogP contribution >= 0.6 is 0 Å². The topological polar surface area (TPSA) is 74.6 Å². The summed E-state index contributed by atoms with van der Waals surface area (Å²) in [6, 6.07) is 11.8. The zero-order valence-electron chi connectivity index (χ0n) is 19.3. The summed E-state index contributed by atoms with van der Waals surface area (Å²) in [6.07, 6.45) is 0. The number of hydrogen-bond acceptors (Lipinski definition) is 2. The van der Waals surface area contributed by atoms with Gasteiger partial charge in [-0.05, 0) is 58.1 Å². The molecule has 4 heteroatoms. The molecule has 0 saturated heterocycles. The number of carbonyl (C=O) groups is 2. The summed E-state index contributed by atoms with van der Waals surface area (Å²) < 4.78 is 0. The lowest BCUT2D eigenvalue weighted by atomic mass is 9.78. The zero-order chi connectivity index (χ0) is 23.0. The summed E-state index contributed by atoms with van der Waals surface area (Å²) in [6.45, 7) is 16.0. The maximum atomic E-state index is 11.8. The SMILES string of the molecule is CC(C(=O)O)c1ccc(C(C)(C)C)cc1-c1cc(C(C)(C)C)ccc1C(C)C(=O)O. The van der Waals surface area contributed by atoms with Gasteiger partial charge in [-0.2, -0.15) is 0 Å². The molecule has 0 radical (unpaired) electrons. The van der Waals surface area contributed by atoms with Crippen molar-refractivity contribution in [1.29, 1.82) is 0 Å². The van der Waals surface area contributed by atoms with E-state index in [4.69, 9.17) is 0 Å². The van der Waals surface area contributed by atoms with E-state index in [-0.39, 0.29) is 10.8 Å². The second kappa shape index (κ2) is 8.25. The van der Waals surface area contributed by atoms with Gasteiger partial charge in [0.1, 0.15) is 0 Å². The van der Waals surface area contributed by atoms with Gasteiger partial charge in [0.05, 0.1) is 11.8 Å². The number of carboxylic acids is 2. The Kier molecular flexibility index (Phi) is 6.51. The van der Waals surface area contributed by atoms with Gasteiger partial charge >= 0.3 is 11.9 Å². The van der Waals surface area contributed by atoms with Crippen LogP contribution in [0, 0.1) is 0 Å². The largest absolute Gasteiger partial charge is 0.481 e. The van der Waals surface area contributed by atoms with Gasteiger partial charge in [-0.15, -0.1) is 0 Å². The van der Waals surface area contributed by atoms with E-state index in [0.29, 0.717) is 11.1 Å². The highest BCUT2D eigenvalue weighted by atomic mass is 16.4. The second-order valence-electron chi connectivity index (χ2n) is 10.2. The predicted octanol–water partition coefficient (Wildman–Crippen LogP) is 6.32. The molecule has 0 bridgehead atoms. The van der Waals surface area contributed by atoms with Gasteiger partial charge in [-0.1, -0.05) is 77.9 Å². The van der Waals surface area contributed by atoms with Crippen LogP contribution in [0.25, 0.3) is 11.1 Å². The molecular formula is C26H34O4. The molecule has 0 heterocycles. The minimum atomic E-state index is -0.903. The molecule has 30 heavy (non-hydrogen) atoms. The van der Waals surface area contributed by atoms with E-state index in [9.17, 15) is 19.8 Å². The molecule has 0 fully saturated rings. The molecule has 0 aliphatic heterocycles. The van der Waals surface area contributed by atoms with Crippen LogP contribution in [0.2, 0.25) is 0 Å². The average molecular weight is 411 g/mol. The molecule has 2 aromatic rings. The van der Waals surface area contributed by atoms with Crippen molar-refractivity contribution in [3.8, 4) is 11.1 Å². The summed E-state index contributed by atoms with van der Waals surface area (Å²) in [5, 5.41) is 19.4. The van der Waals surface area contributed by atoms with Crippen molar-refractivity contribution in [2.24, 2.45) is 0 Å². The summed E-state index contributed by atoms with van der Waals surface area (Å²) in [5.41, 5.74) is 4.89. The van der Waals surface area contributed by atoms with Crippen molar-refractivity contribution in [2.45, 2.75) is 78.1 Å². The van der Waals surface area contributed by atoms with Crippen LogP contribution in [0.15, 0.2) is 36.4 Å². The summed E-state index contributed by atoms with van der Waals surface area (Å²) in [4.78, 5) is 23.6. The Balaban J connectivity index is 2.94. The van der Waals surface area contributed by atoms with E-state index in [1.807, 2.05) is 36.4 Å². The Hall–Kier alpha value is -2.62. The fourth-order valence-electron chi connectivity index (χ4n) is 3.53. The van der Waals surface area contributed by atoms with Gasteiger partial charge in [0.25, 0.3) is 0 Å². The zero-order valence-corrected chi connectivity index (χ0v) is 19.3.